The van der Waals surface area contributed by atoms with Crippen LogP contribution in [0.2, 0.25) is 0 Å². The van der Waals surface area contributed by atoms with Crippen molar-refractivity contribution in [3.05, 3.63) is 10.6 Å². The fraction of sp³-hybridized carbons (Fsp3) is 0.700. The Labute approximate surface area is 98.2 Å². The van der Waals surface area contributed by atoms with Crippen LogP contribution in [0.25, 0.3) is 0 Å². The molecule has 1 unspecified atom stereocenters. The van der Waals surface area contributed by atoms with Crippen molar-refractivity contribution >= 4 is 17.4 Å². The van der Waals surface area contributed by atoms with Gasteiger partial charge in [0.2, 0.25) is 0 Å². The maximum atomic E-state index is 12.1. The predicted octanol–water partition coefficient (Wildman–Crippen LogP) is 0.697. The molecule has 1 amide bonds. The second-order valence-electron chi connectivity index (χ2n) is 3.95. The molecule has 2 heterocycles. The van der Waals surface area contributed by atoms with Crippen molar-refractivity contribution in [3.63, 3.8) is 0 Å². The number of nitrogens with zero attached hydrogens (tertiary/aromatic N) is 3. The summed E-state index contributed by atoms with van der Waals surface area (Å²) in [6.07, 6.45) is 1.98. The van der Waals surface area contributed by atoms with Crippen LogP contribution in [0.15, 0.2) is 0 Å². The molecule has 0 aliphatic carbocycles. The smallest absolute Gasteiger partial charge is 0.267 e. The lowest BCUT2D eigenvalue weighted by Gasteiger charge is -2.29. The highest BCUT2D eigenvalue weighted by molar-refractivity contribution is 7.08. The Balaban J connectivity index is 2.12. The van der Waals surface area contributed by atoms with E-state index in [-0.39, 0.29) is 12.0 Å². The number of aliphatic hydroxyl groups excluding tert-OH is 1. The van der Waals surface area contributed by atoms with Gasteiger partial charge in [0.05, 0.1) is 11.8 Å². The summed E-state index contributed by atoms with van der Waals surface area (Å²) in [5.74, 6) is -0.0365. The van der Waals surface area contributed by atoms with E-state index >= 15 is 0 Å². The summed E-state index contributed by atoms with van der Waals surface area (Å²) in [5, 5.41) is 13.5. The first-order chi connectivity index (χ1) is 7.72. The first-order valence-electron chi connectivity index (χ1n) is 5.51. The highest BCUT2D eigenvalue weighted by Gasteiger charge is 2.26. The average Bonchev–Trinajstić information content (AvgIpc) is 2.76. The van der Waals surface area contributed by atoms with Gasteiger partial charge in [-0.2, -0.15) is 0 Å². The normalized spacial score (nSPS) is 21.1. The van der Waals surface area contributed by atoms with Crippen molar-refractivity contribution in [2.45, 2.75) is 32.3 Å². The summed E-state index contributed by atoms with van der Waals surface area (Å²) in [4.78, 5) is 14.5. The topological polar surface area (TPSA) is 66.3 Å². The van der Waals surface area contributed by atoms with Crippen LogP contribution in [0, 0.1) is 0 Å². The van der Waals surface area contributed by atoms with E-state index in [1.54, 1.807) is 4.90 Å². The fourth-order valence-electron chi connectivity index (χ4n) is 1.89. The van der Waals surface area contributed by atoms with E-state index in [0.717, 1.165) is 36.6 Å². The number of hydrogen-bond acceptors (Lipinski definition) is 5. The van der Waals surface area contributed by atoms with E-state index in [2.05, 4.69) is 9.59 Å². The van der Waals surface area contributed by atoms with Crippen LogP contribution < -0.4 is 0 Å². The van der Waals surface area contributed by atoms with E-state index in [9.17, 15) is 9.90 Å². The largest absolute Gasteiger partial charge is 0.391 e. The number of aliphatic hydroxyl groups is 1. The highest BCUT2D eigenvalue weighted by atomic mass is 32.1. The molecule has 0 saturated carbocycles. The predicted molar refractivity (Wildman–Crippen MR) is 60.4 cm³/mol. The van der Waals surface area contributed by atoms with Crippen molar-refractivity contribution in [2.24, 2.45) is 0 Å². The third kappa shape index (κ3) is 2.22. The molecule has 1 atom stereocenters. The molecule has 1 saturated heterocycles. The summed E-state index contributed by atoms with van der Waals surface area (Å²) < 4.78 is 3.81. The third-order valence-electron chi connectivity index (χ3n) is 2.77. The molecule has 6 heteroatoms. The quantitative estimate of drug-likeness (QED) is 0.827. The first-order valence-corrected chi connectivity index (χ1v) is 6.28. The minimum Gasteiger partial charge on any atom is -0.391 e. The maximum Gasteiger partial charge on any atom is 0.267 e. The second-order valence-corrected chi connectivity index (χ2v) is 4.70. The number of aryl methyl sites for hydroxylation is 1. The summed E-state index contributed by atoms with van der Waals surface area (Å²) in [7, 11) is 0. The number of amides is 1. The van der Waals surface area contributed by atoms with Crippen LogP contribution in [0.1, 0.15) is 35.1 Å². The molecule has 16 heavy (non-hydrogen) atoms. The summed E-state index contributed by atoms with van der Waals surface area (Å²) in [6, 6.07) is 0. The van der Waals surface area contributed by atoms with E-state index in [4.69, 9.17) is 0 Å². The molecule has 0 spiro atoms. The Kier molecular flexibility index (Phi) is 3.50. The fourth-order valence-corrected chi connectivity index (χ4v) is 2.60. The Hall–Kier alpha value is -1.01. The molecule has 0 bridgehead atoms. The maximum absolute atomic E-state index is 12.1. The summed E-state index contributed by atoms with van der Waals surface area (Å²) >= 11 is 1.14. The zero-order valence-electron chi connectivity index (χ0n) is 9.22. The molecule has 1 aromatic heterocycles. The van der Waals surface area contributed by atoms with Gasteiger partial charge in [-0.05, 0) is 30.8 Å². The molecule has 88 valence electrons. The zero-order chi connectivity index (χ0) is 11.5. The van der Waals surface area contributed by atoms with Gasteiger partial charge in [0.15, 0.2) is 0 Å². The van der Waals surface area contributed by atoms with Crippen LogP contribution in [0.3, 0.4) is 0 Å². The number of hydrogen-bond donors (Lipinski definition) is 1. The Morgan fingerprint density at radius 2 is 2.50 bits per heavy atom. The molecule has 2 rings (SSSR count). The summed E-state index contributed by atoms with van der Waals surface area (Å²) in [5.41, 5.74) is 0.759. The van der Waals surface area contributed by atoms with Crippen molar-refractivity contribution in [1.29, 1.82) is 0 Å². The van der Waals surface area contributed by atoms with Gasteiger partial charge in [0.1, 0.15) is 4.88 Å². The Morgan fingerprint density at radius 3 is 3.19 bits per heavy atom. The minimum absolute atomic E-state index is 0.0365. The van der Waals surface area contributed by atoms with Gasteiger partial charge in [-0.1, -0.05) is 11.4 Å². The molecule has 1 fully saturated rings. The number of piperidine rings is 1. The highest BCUT2D eigenvalue weighted by Crippen LogP contribution is 2.18. The van der Waals surface area contributed by atoms with Gasteiger partial charge >= 0.3 is 0 Å². The number of carbonyl (C=O) groups excluding carboxylic acids is 1. The minimum atomic E-state index is -0.386. The zero-order valence-corrected chi connectivity index (χ0v) is 10.0. The lowest BCUT2D eigenvalue weighted by Crippen LogP contribution is -2.42. The lowest BCUT2D eigenvalue weighted by atomic mass is 10.1. The van der Waals surface area contributed by atoms with E-state index < -0.39 is 0 Å². The van der Waals surface area contributed by atoms with Gasteiger partial charge in [-0.3, -0.25) is 4.79 Å². The Morgan fingerprint density at radius 1 is 1.69 bits per heavy atom. The molecule has 5 nitrogen and oxygen atoms in total. The third-order valence-corrected chi connectivity index (χ3v) is 3.52. The number of β-amino-alcohol motifs (C(OH)–C–C–N with tert-alkyl or cyclic N) is 1. The molecule has 1 aromatic rings. The van der Waals surface area contributed by atoms with Crippen molar-refractivity contribution in [1.82, 2.24) is 14.5 Å². The van der Waals surface area contributed by atoms with Gasteiger partial charge in [0, 0.05) is 13.1 Å². The SMILES string of the molecule is CCc1nnsc1C(=O)N1CCCC(O)C1. The van der Waals surface area contributed by atoms with Gasteiger partial charge in [-0.25, -0.2) is 0 Å². The molecule has 1 aliphatic rings. The molecule has 1 aliphatic heterocycles. The molecular weight excluding hydrogens is 226 g/mol. The number of likely N-dealkylation sites (tertiary alicyclic amines) is 1. The van der Waals surface area contributed by atoms with Crippen LogP contribution >= 0.6 is 11.5 Å². The van der Waals surface area contributed by atoms with Crippen molar-refractivity contribution in [2.75, 3.05) is 13.1 Å². The van der Waals surface area contributed by atoms with Gasteiger partial charge in [-0.15, -0.1) is 5.10 Å². The van der Waals surface area contributed by atoms with Gasteiger partial charge < -0.3 is 10.0 Å². The molecule has 0 aromatic carbocycles. The number of carbonyl (C=O) groups is 1. The molecule has 0 radical (unpaired) electrons. The van der Waals surface area contributed by atoms with E-state index in [1.165, 1.54) is 0 Å². The van der Waals surface area contributed by atoms with Gasteiger partial charge in [0.25, 0.3) is 5.91 Å². The van der Waals surface area contributed by atoms with E-state index in [1.807, 2.05) is 6.92 Å². The van der Waals surface area contributed by atoms with Crippen LogP contribution in [-0.2, 0) is 6.42 Å². The van der Waals surface area contributed by atoms with Crippen LogP contribution in [-0.4, -0.2) is 44.7 Å². The van der Waals surface area contributed by atoms with Crippen LogP contribution in [0.5, 0.6) is 0 Å². The molecule has 1 N–H and O–H groups in total. The van der Waals surface area contributed by atoms with E-state index in [0.29, 0.717) is 17.8 Å². The Bertz CT molecular complexity index is 380. The molecular formula is C10H15N3O2S. The van der Waals surface area contributed by atoms with Crippen molar-refractivity contribution in [3.8, 4) is 0 Å². The lowest BCUT2D eigenvalue weighted by molar-refractivity contribution is 0.0476. The van der Waals surface area contributed by atoms with Crippen molar-refractivity contribution < 1.29 is 9.90 Å². The number of rotatable bonds is 2. The van der Waals surface area contributed by atoms with Crippen LogP contribution in [0.4, 0.5) is 0 Å². The standard InChI is InChI=1S/C10H15N3O2S/c1-2-8-9(16-12-11-8)10(15)13-5-3-4-7(14)6-13/h7,14H,2-6H2,1H3. The summed E-state index contributed by atoms with van der Waals surface area (Å²) in [6.45, 7) is 3.11. The second kappa shape index (κ2) is 4.88. The average molecular weight is 241 g/mol. The first kappa shape index (κ1) is 11.5. The number of aromatic nitrogens is 2. The monoisotopic (exact) mass is 241 g/mol.